The fraction of sp³-hybridized carbons (Fsp3) is 0.200. The number of benzene rings is 2. The zero-order valence-corrected chi connectivity index (χ0v) is 11.9. The highest BCUT2D eigenvalue weighted by molar-refractivity contribution is 7.61. The minimum atomic E-state index is -2.29. The van der Waals surface area contributed by atoms with Crippen LogP contribution in [0.5, 0.6) is 0 Å². The molecule has 0 aliphatic heterocycles. The predicted molar refractivity (Wildman–Crippen MR) is 82.6 cm³/mol. The summed E-state index contributed by atoms with van der Waals surface area (Å²) in [6.07, 6.45) is 1.12. The van der Waals surface area contributed by atoms with Crippen molar-refractivity contribution in [2.75, 3.05) is 18.1 Å². The zero-order valence-electron chi connectivity index (χ0n) is 11.0. The lowest BCUT2D eigenvalue weighted by atomic mass is 10.2. The van der Waals surface area contributed by atoms with E-state index in [2.05, 4.69) is 0 Å². The summed E-state index contributed by atoms with van der Waals surface area (Å²) in [6.45, 7) is 1.83. The van der Waals surface area contributed by atoms with Crippen LogP contribution in [-0.4, -0.2) is 6.66 Å². The number of hydrogen-bond donors (Lipinski definition) is 2. The molecule has 0 spiro atoms. The zero-order chi connectivity index (χ0) is 13.9. The van der Waals surface area contributed by atoms with Crippen LogP contribution in [0.4, 0.5) is 11.4 Å². The Labute approximate surface area is 114 Å². The summed E-state index contributed by atoms with van der Waals surface area (Å²) in [5.74, 6) is 0. The van der Waals surface area contributed by atoms with E-state index in [-0.39, 0.29) is 0 Å². The van der Waals surface area contributed by atoms with Crippen molar-refractivity contribution in [3.8, 4) is 0 Å². The summed E-state index contributed by atoms with van der Waals surface area (Å²) >= 11 is 0. The van der Waals surface area contributed by atoms with Crippen molar-refractivity contribution < 1.29 is 4.57 Å². The second kappa shape index (κ2) is 5.50. The normalized spacial score (nSPS) is 11.4. The van der Waals surface area contributed by atoms with Crippen molar-refractivity contribution in [2.45, 2.75) is 12.3 Å². The predicted octanol–water partition coefficient (Wildman–Crippen LogP) is 3.54. The molecule has 2 rings (SSSR count). The average Bonchev–Trinajstić information content (AvgIpc) is 2.27. The van der Waals surface area contributed by atoms with E-state index in [9.17, 15) is 4.57 Å². The van der Waals surface area contributed by atoms with Crippen LogP contribution in [-0.2, 0) is 16.9 Å². The van der Waals surface area contributed by atoms with Gasteiger partial charge in [-0.1, -0.05) is 24.3 Å². The maximum Gasteiger partial charge on any atom is 0.0931 e. The summed E-state index contributed by atoms with van der Waals surface area (Å²) in [5.41, 5.74) is 15.0. The molecular weight excluding hydrogens is 255 g/mol. The maximum absolute atomic E-state index is 12.7. The number of nitrogen functional groups attached to an aromatic ring is 2. The van der Waals surface area contributed by atoms with E-state index < -0.39 is 7.14 Å². The lowest BCUT2D eigenvalue weighted by Gasteiger charge is -2.14. The molecule has 0 aliphatic rings. The Balaban J connectivity index is 2.12. The molecule has 2 aromatic carbocycles. The Hall–Kier alpha value is -1.73. The molecule has 3 nitrogen and oxygen atoms in total. The van der Waals surface area contributed by atoms with Crippen LogP contribution in [0, 0.1) is 0 Å². The molecule has 0 amide bonds. The SMILES string of the molecule is CP(=O)(Cc1cccc(N)c1)Cc1cccc(N)c1. The van der Waals surface area contributed by atoms with Crippen molar-refractivity contribution in [1.82, 2.24) is 0 Å². The van der Waals surface area contributed by atoms with Crippen LogP contribution in [0.2, 0.25) is 0 Å². The fourth-order valence-electron chi connectivity index (χ4n) is 2.21. The Kier molecular flexibility index (Phi) is 3.96. The minimum absolute atomic E-state index is 0.562. The summed E-state index contributed by atoms with van der Waals surface area (Å²) in [7, 11) is -2.29. The first-order valence-electron chi connectivity index (χ1n) is 6.19. The molecule has 0 aliphatic carbocycles. The topological polar surface area (TPSA) is 69.1 Å². The van der Waals surface area contributed by atoms with Crippen LogP contribution in [0.25, 0.3) is 0 Å². The largest absolute Gasteiger partial charge is 0.399 e. The van der Waals surface area contributed by atoms with Crippen molar-refractivity contribution in [1.29, 1.82) is 0 Å². The van der Waals surface area contributed by atoms with E-state index in [0.717, 1.165) is 11.1 Å². The van der Waals surface area contributed by atoms with Gasteiger partial charge in [0, 0.05) is 23.7 Å². The molecule has 0 saturated carbocycles. The molecule has 4 N–H and O–H groups in total. The van der Waals surface area contributed by atoms with Crippen molar-refractivity contribution >= 4 is 18.5 Å². The second-order valence-corrected chi connectivity index (χ2v) is 8.33. The van der Waals surface area contributed by atoms with Gasteiger partial charge in [0.25, 0.3) is 0 Å². The lowest BCUT2D eigenvalue weighted by Crippen LogP contribution is -1.94. The van der Waals surface area contributed by atoms with E-state index in [1.54, 1.807) is 0 Å². The van der Waals surface area contributed by atoms with E-state index in [0.29, 0.717) is 23.7 Å². The number of rotatable bonds is 4. The van der Waals surface area contributed by atoms with Gasteiger partial charge in [-0.25, -0.2) is 0 Å². The van der Waals surface area contributed by atoms with Gasteiger partial charge in [-0.05, 0) is 42.1 Å². The van der Waals surface area contributed by atoms with Crippen LogP contribution >= 0.6 is 7.14 Å². The molecular formula is C15H19N2OP. The van der Waals surface area contributed by atoms with Gasteiger partial charge >= 0.3 is 0 Å². The van der Waals surface area contributed by atoms with Gasteiger partial charge < -0.3 is 16.0 Å². The molecule has 0 atom stereocenters. The lowest BCUT2D eigenvalue weighted by molar-refractivity contribution is 0.577. The van der Waals surface area contributed by atoms with Gasteiger partial charge in [-0.3, -0.25) is 0 Å². The molecule has 0 bridgehead atoms. The average molecular weight is 274 g/mol. The number of nitrogens with two attached hydrogens (primary N) is 2. The molecule has 0 radical (unpaired) electrons. The monoisotopic (exact) mass is 274 g/mol. The molecule has 4 heteroatoms. The van der Waals surface area contributed by atoms with Gasteiger partial charge in [-0.15, -0.1) is 0 Å². The van der Waals surface area contributed by atoms with Gasteiger partial charge in [0.15, 0.2) is 0 Å². The molecule has 0 fully saturated rings. The first-order chi connectivity index (χ1) is 8.94. The van der Waals surface area contributed by atoms with E-state index >= 15 is 0 Å². The molecule has 0 heterocycles. The van der Waals surface area contributed by atoms with E-state index in [4.69, 9.17) is 11.5 Å². The van der Waals surface area contributed by atoms with Crippen molar-refractivity contribution in [2.24, 2.45) is 0 Å². The fourth-order valence-corrected chi connectivity index (χ4v) is 4.26. The first-order valence-corrected chi connectivity index (χ1v) is 8.71. The molecule has 19 heavy (non-hydrogen) atoms. The summed E-state index contributed by atoms with van der Waals surface area (Å²) in [4.78, 5) is 0. The molecule has 2 aromatic rings. The molecule has 0 aromatic heterocycles. The van der Waals surface area contributed by atoms with Crippen molar-refractivity contribution in [3.63, 3.8) is 0 Å². The Bertz CT molecular complexity index is 574. The smallest absolute Gasteiger partial charge is 0.0931 e. The standard InChI is InChI=1S/C15H19N2OP/c1-19(18,10-12-4-2-6-14(16)8-12)11-13-5-3-7-15(17)9-13/h2-9H,10-11,16-17H2,1H3. The highest BCUT2D eigenvalue weighted by Crippen LogP contribution is 2.48. The third-order valence-corrected chi connectivity index (χ3v) is 5.00. The number of anilines is 2. The van der Waals surface area contributed by atoms with Gasteiger partial charge in [0.05, 0.1) is 7.14 Å². The van der Waals surface area contributed by atoms with Crippen LogP contribution in [0.15, 0.2) is 48.5 Å². The minimum Gasteiger partial charge on any atom is -0.399 e. The first kappa shape index (κ1) is 13.7. The quantitative estimate of drug-likeness (QED) is 0.661. The highest BCUT2D eigenvalue weighted by Gasteiger charge is 2.17. The second-order valence-electron chi connectivity index (χ2n) is 5.10. The van der Waals surface area contributed by atoms with Crippen LogP contribution in [0.1, 0.15) is 11.1 Å². The molecule has 0 unspecified atom stereocenters. The van der Waals surface area contributed by atoms with Gasteiger partial charge in [-0.2, -0.15) is 0 Å². The number of hydrogen-bond acceptors (Lipinski definition) is 3. The Morgan fingerprint density at radius 1 is 0.895 bits per heavy atom. The Morgan fingerprint density at radius 3 is 1.68 bits per heavy atom. The highest BCUT2D eigenvalue weighted by atomic mass is 31.2. The van der Waals surface area contributed by atoms with E-state index in [1.807, 2.05) is 55.2 Å². The summed E-state index contributed by atoms with van der Waals surface area (Å²) in [6, 6.07) is 15.2. The van der Waals surface area contributed by atoms with Gasteiger partial charge in [0.2, 0.25) is 0 Å². The van der Waals surface area contributed by atoms with Gasteiger partial charge in [0.1, 0.15) is 0 Å². The summed E-state index contributed by atoms with van der Waals surface area (Å²) < 4.78 is 12.7. The molecule has 0 saturated heterocycles. The summed E-state index contributed by atoms with van der Waals surface area (Å²) in [5, 5.41) is 0. The van der Waals surface area contributed by atoms with Crippen molar-refractivity contribution in [3.05, 3.63) is 59.7 Å². The third kappa shape index (κ3) is 4.15. The third-order valence-electron chi connectivity index (χ3n) is 2.94. The Morgan fingerprint density at radius 2 is 1.32 bits per heavy atom. The molecule has 100 valence electrons. The van der Waals surface area contributed by atoms with Crippen LogP contribution < -0.4 is 11.5 Å². The maximum atomic E-state index is 12.7. The van der Waals surface area contributed by atoms with Crippen LogP contribution in [0.3, 0.4) is 0 Å². The van der Waals surface area contributed by atoms with E-state index in [1.165, 1.54) is 0 Å².